The fourth-order valence-corrected chi connectivity index (χ4v) is 2.21. The lowest BCUT2D eigenvalue weighted by atomic mass is 9.93. The van der Waals surface area contributed by atoms with Crippen molar-refractivity contribution in [3.8, 4) is 0 Å². The fourth-order valence-electron chi connectivity index (χ4n) is 2.21. The Morgan fingerprint density at radius 3 is 2.94 bits per heavy atom. The van der Waals surface area contributed by atoms with Gasteiger partial charge in [-0.1, -0.05) is 0 Å². The molecule has 18 heavy (non-hydrogen) atoms. The van der Waals surface area contributed by atoms with Crippen molar-refractivity contribution in [2.45, 2.75) is 32.7 Å². The van der Waals surface area contributed by atoms with Crippen molar-refractivity contribution in [1.82, 2.24) is 20.6 Å². The van der Waals surface area contributed by atoms with Crippen molar-refractivity contribution < 1.29 is 4.79 Å². The SMILES string of the molecule is Cc1cnc(C(=O)NC(C)C2CCCNC2)cn1. The molecular weight excluding hydrogens is 228 g/mol. The zero-order chi connectivity index (χ0) is 13.0. The molecule has 5 nitrogen and oxygen atoms in total. The maximum atomic E-state index is 12.0. The number of aromatic nitrogens is 2. The molecular formula is C13H20N4O. The third kappa shape index (κ3) is 3.26. The van der Waals surface area contributed by atoms with E-state index in [1.807, 2.05) is 6.92 Å². The lowest BCUT2D eigenvalue weighted by Gasteiger charge is -2.28. The highest BCUT2D eigenvalue weighted by molar-refractivity contribution is 5.92. The molecule has 5 heteroatoms. The van der Waals surface area contributed by atoms with E-state index in [-0.39, 0.29) is 11.9 Å². The molecule has 0 saturated carbocycles. The third-order valence-electron chi connectivity index (χ3n) is 3.41. The first kappa shape index (κ1) is 13.0. The van der Waals surface area contributed by atoms with Gasteiger partial charge in [0.1, 0.15) is 5.69 Å². The number of piperidine rings is 1. The van der Waals surface area contributed by atoms with Crippen molar-refractivity contribution in [3.05, 3.63) is 23.8 Å². The van der Waals surface area contributed by atoms with E-state index >= 15 is 0 Å². The van der Waals surface area contributed by atoms with Crippen LogP contribution in [0.2, 0.25) is 0 Å². The van der Waals surface area contributed by atoms with Crippen molar-refractivity contribution in [2.24, 2.45) is 5.92 Å². The quantitative estimate of drug-likeness (QED) is 0.834. The predicted molar refractivity (Wildman–Crippen MR) is 69.3 cm³/mol. The van der Waals surface area contributed by atoms with Gasteiger partial charge in [-0.3, -0.25) is 9.78 Å². The van der Waals surface area contributed by atoms with Gasteiger partial charge in [0.15, 0.2) is 0 Å². The highest BCUT2D eigenvalue weighted by Gasteiger charge is 2.22. The number of hydrogen-bond donors (Lipinski definition) is 2. The van der Waals surface area contributed by atoms with Gasteiger partial charge in [0, 0.05) is 12.2 Å². The van der Waals surface area contributed by atoms with Crippen molar-refractivity contribution in [1.29, 1.82) is 0 Å². The van der Waals surface area contributed by atoms with E-state index in [1.165, 1.54) is 12.6 Å². The molecule has 1 fully saturated rings. The lowest BCUT2D eigenvalue weighted by Crippen LogP contribution is -2.44. The van der Waals surface area contributed by atoms with Crippen LogP contribution in [0.15, 0.2) is 12.4 Å². The van der Waals surface area contributed by atoms with E-state index in [4.69, 9.17) is 0 Å². The maximum Gasteiger partial charge on any atom is 0.271 e. The van der Waals surface area contributed by atoms with Crippen LogP contribution in [-0.2, 0) is 0 Å². The lowest BCUT2D eigenvalue weighted by molar-refractivity contribution is 0.0916. The first-order valence-corrected chi connectivity index (χ1v) is 6.47. The van der Waals surface area contributed by atoms with Crippen LogP contribution in [0.25, 0.3) is 0 Å². The van der Waals surface area contributed by atoms with Gasteiger partial charge in [0.2, 0.25) is 0 Å². The minimum absolute atomic E-state index is 0.138. The molecule has 0 spiro atoms. The average Bonchev–Trinajstić information content (AvgIpc) is 2.40. The summed E-state index contributed by atoms with van der Waals surface area (Å²) in [6.45, 7) is 5.96. The molecule has 98 valence electrons. The zero-order valence-electron chi connectivity index (χ0n) is 10.9. The third-order valence-corrected chi connectivity index (χ3v) is 3.41. The van der Waals surface area contributed by atoms with Gasteiger partial charge < -0.3 is 10.6 Å². The Hall–Kier alpha value is -1.49. The van der Waals surface area contributed by atoms with Gasteiger partial charge in [-0.15, -0.1) is 0 Å². The van der Waals surface area contributed by atoms with E-state index in [0.717, 1.165) is 25.2 Å². The molecule has 2 unspecified atom stereocenters. The summed E-state index contributed by atoms with van der Waals surface area (Å²) in [4.78, 5) is 20.1. The molecule has 1 aromatic rings. The summed E-state index contributed by atoms with van der Waals surface area (Å²) in [6.07, 6.45) is 5.47. The number of carbonyl (C=O) groups is 1. The number of rotatable bonds is 3. The highest BCUT2D eigenvalue weighted by Crippen LogP contribution is 2.14. The summed E-state index contributed by atoms with van der Waals surface area (Å²) in [5.41, 5.74) is 1.20. The molecule has 1 aliphatic rings. The second-order valence-corrected chi connectivity index (χ2v) is 4.91. The summed E-state index contributed by atoms with van der Waals surface area (Å²) >= 11 is 0. The van der Waals surface area contributed by atoms with Crippen LogP contribution in [0.4, 0.5) is 0 Å². The van der Waals surface area contributed by atoms with Crippen molar-refractivity contribution in [2.75, 3.05) is 13.1 Å². The fraction of sp³-hybridized carbons (Fsp3) is 0.615. The zero-order valence-corrected chi connectivity index (χ0v) is 10.9. The van der Waals surface area contributed by atoms with Gasteiger partial charge in [0.25, 0.3) is 5.91 Å². The minimum atomic E-state index is -0.138. The molecule has 1 aromatic heterocycles. The van der Waals surface area contributed by atoms with Gasteiger partial charge in [-0.2, -0.15) is 0 Å². The Morgan fingerprint density at radius 2 is 2.33 bits per heavy atom. The van der Waals surface area contributed by atoms with Crippen LogP contribution in [0.5, 0.6) is 0 Å². The molecule has 2 N–H and O–H groups in total. The molecule has 1 amide bonds. The largest absolute Gasteiger partial charge is 0.348 e. The summed E-state index contributed by atoms with van der Waals surface area (Å²) in [6, 6.07) is 0.161. The van der Waals surface area contributed by atoms with E-state index < -0.39 is 0 Å². The Kier molecular flexibility index (Phi) is 4.25. The molecule has 0 aromatic carbocycles. The average molecular weight is 248 g/mol. The van der Waals surface area contributed by atoms with Crippen LogP contribution in [-0.4, -0.2) is 35.0 Å². The van der Waals surface area contributed by atoms with E-state index in [0.29, 0.717) is 11.6 Å². The molecule has 2 heterocycles. The molecule has 1 saturated heterocycles. The predicted octanol–water partition coefficient (Wildman–Crippen LogP) is 0.903. The topological polar surface area (TPSA) is 66.9 Å². The van der Waals surface area contributed by atoms with Crippen molar-refractivity contribution in [3.63, 3.8) is 0 Å². The van der Waals surface area contributed by atoms with Gasteiger partial charge in [-0.05, 0) is 45.7 Å². The highest BCUT2D eigenvalue weighted by atomic mass is 16.1. The molecule has 2 atom stereocenters. The minimum Gasteiger partial charge on any atom is -0.348 e. The second kappa shape index (κ2) is 5.91. The van der Waals surface area contributed by atoms with Crippen LogP contribution in [0.3, 0.4) is 0 Å². The summed E-state index contributed by atoms with van der Waals surface area (Å²) in [7, 11) is 0. The van der Waals surface area contributed by atoms with Crippen LogP contribution >= 0.6 is 0 Å². The first-order valence-electron chi connectivity index (χ1n) is 6.47. The van der Waals surface area contributed by atoms with E-state index in [2.05, 4.69) is 27.5 Å². The maximum absolute atomic E-state index is 12.0. The Balaban J connectivity index is 1.91. The second-order valence-electron chi connectivity index (χ2n) is 4.91. The first-order chi connectivity index (χ1) is 8.66. The van der Waals surface area contributed by atoms with Gasteiger partial charge >= 0.3 is 0 Å². The monoisotopic (exact) mass is 248 g/mol. The Bertz CT molecular complexity index is 398. The number of aryl methyl sites for hydroxylation is 1. The number of hydrogen-bond acceptors (Lipinski definition) is 4. The van der Waals surface area contributed by atoms with Crippen molar-refractivity contribution >= 4 is 5.91 Å². The van der Waals surface area contributed by atoms with Crippen LogP contribution < -0.4 is 10.6 Å². The van der Waals surface area contributed by atoms with Gasteiger partial charge in [-0.25, -0.2) is 4.98 Å². The molecule has 0 radical (unpaired) electrons. The number of carbonyl (C=O) groups excluding carboxylic acids is 1. The van der Waals surface area contributed by atoms with E-state index in [9.17, 15) is 4.79 Å². The summed E-state index contributed by atoms with van der Waals surface area (Å²) in [5, 5.41) is 6.36. The number of nitrogens with zero attached hydrogens (tertiary/aromatic N) is 2. The number of amides is 1. The molecule has 0 bridgehead atoms. The van der Waals surface area contributed by atoms with Crippen LogP contribution in [0, 0.1) is 12.8 Å². The molecule has 2 rings (SSSR count). The molecule has 0 aliphatic carbocycles. The normalized spacial score (nSPS) is 21.3. The summed E-state index contributed by atoms with van der Waals surface area (Å²) < 4.78 is 0. The summed E-state index contributed by atoms with van der Waals surface area (Å²) in [5.74, 6) is 0.363. The standard InChI is InChI=1S/C13H20N4O/c1-9-6-16-12(8-15-9)13(18)17-10(2)11-4-3-5-14-7-11/h6,8,10-11,14H,3-5,7H2,1-2H3,(H,17,18). The smallest absolute Gasteiger partial charge is 0.271 e. The Labute approximate surface area is 107 Å². The molecule has 1 aliphatic heterocycles. The Morgan fingerprint density at radius 1 is 1.50 bits per heavy atom. The van der Waals surface area contributed by atoms with Gasteiger partial charge in [0.05, 0.1) is 11.9 Å². The van der Waals surface area contributed by atoms with Crippen LogP contribution in [0.1, 0.15) is 35.9 Å². The number of nitrogens with one attached hydrogen (secondary N) is 2. The van der Waals surface area contributed by atoms with E-state index in [1.54, 1.807) is 6.20 Å².